The van der Waals surface area contributed by atoms with Crippen molar-refractivity contribution in [3.63, 3.8) is 0 Å². The average molecular weight is 313 g/mol. The molecule has 4 nitrogen and oxygen atoms in total. The lowest BCUT2D eigenvalue weighted by molar-refractivity contribution is 0.415. The minimum Gasteiger partial charge on any atom is -0.493 e. The summed E-state index contributed by atoms with van der Waals surface area (Å²) in [5, 5.41) is 7.09. The van der Waals surface area contributed by atoms with Crippen molar-refractivity contribution in [1.82, 2.24) is 10.3 Å². The Hall–Kier alpha value is -2.14. The summed E-state index contributed by atoms with van der Waals surface area (Å²) < 4.78 is 5.28. The van der Waals surface area contributed by atoms with Gasteiger partial charge in [0, 0.05) is 6.20 Å². The highest BCUT2D eigenvalue weighted by Gasteiger charge is 2.20. The van der Waals surface area contributed by atoms with Crippen molar-refractivity contribution < 1.29 is 4.74 Å². The highest BCUT2D eigenvalue weighted by atomic mass is 32.1. The SMILES string of the molecule is COc1cccnc1NC(=S)NC1CCCc2ccccc21. The quantitative estimate of drug-likeness (QED) is 0.850. The van der Waals surface area contributed by atoms with Gasteiger partial charge in [0.25, 0.3) is 0 Å². The molecule has 2 N–H and O–H groups in total. The number of nitrogens with one attached hydrogen (secondary N) is 2. The van der Waals surface area contributed by atoms with E-state index in [1.165, 1.54) is 17.5 Å². The van der Waals surface area contributed by atoms with Crippen LogP contribution in [0.2, 0.25) is 0 Å². The molecule has 5 heteroatoms. The van der Waals surface area contributed by atoms with Crippen LogP contribution in [0.3, 0.4) is 0 Å². The second-order valence-electron chi connectivity index (χ2n) is 5.30. The van der Waals surface area contributed by atoms with E-state index in [4.69, 9.17) is 17.0 Å². The molecule has 0 saturated heterocycles. The molecular weight excluding hydrogens is 294 g/mol. The van der Waals surface area contributed by atoms with E-state index in [0.29, 0.717) is 16.7 Å². The van der Waals surface area contributed by atoms with Gasteiger partial charge in [-0.15, -0.1) is 0 Å². The Kier molecular flexibility index (Phi) is 4.53. The smallest absolute Gasteiger partial charge is 0.174 e. The van der Waals surface area contributed by atoms with E-state index in [9.17, 15) is 0 Å². The van der Waals surface area contributed by atoms with Crippen molar-refractivity contribution in [2.75, 3.05) is 12.4 Å². The molecule has 1 heterocycles. The Bertz CT molecular complexity index is 674. The van der Waals surface area contributed by atoms with Crippen LogP contribution in [0.25, 0.3) is 0 Å². The van der Waals surface area contributed by atoms with E-state index in [2.05, 4.69) is 39.9 Å². The van der Waals surface area contributed by atoms with Crippen LogP contribution in [0.15, 0.2) is 42.6 Å². The molecule has 0 radical (unpaired) electrons. The summed E-state index contributed by atoms with van der Waals surface area (Å²) in [6.45, 7) is 0. The maximum Gasteiger partial charge on any atom is 0.174 e. The van der Waals surface area contributed by atoms with Crippen LogP contribution < -0.4 is 15.4 Å². The van der Waals surface area contributed by atoms with Gasteiger partial charge in [-0.1, -0.05) is 24.3 Å². The molecule has 0 saturated carbocycles. The highest BCUT2D eigenvalue weighted by molar-refractivity contribution is 7.80. The zero-order valence-corrected chi connectivity index (χ0v) is 13.3. The minimum absolute atomic E-state index is 0.250. The summed E-state index contributed by atoms with van der Waals surface area (Å²) in [6, 6.07) is 12.5. The lowest BCUT2D eigenvalue weighted by Crippen LogP contribution is -2.34. The first kappa shape index (κ1) is 14.8. The summed E-state index contributed by atoms with van der Waals surface area (Å²) in [4.78, 5) is 4.26. The Labute approximate surface area is 135 Å². The van der Waals surface area contributed by atoms with Gasteiger partial charge in [-0.2, -0.15) is 0 Å². The molecular formula is C17H19N3OS. The largest absolute Gasteiger partial charge is 0.493 e. The molecule has 114 valence electrons. The van der Waals surface area contributed by atoms with E-state index in [1.54, 1.807) is 13.3 Å². The van der Waals surface area contributed by atoms with Gasteiger partial charge in [0.15, 0.2) is 16.7 Å². The number of aryl methyl sites for hydroxylation is 1. The van der Waals surface area contributed by atoms with Crippen LogP contribution in [0, 0.1) is 0 Å². The molecule has 0 aliphatic heterocycles. The number of fused-ring (bicyclic) bond motifs is 1. The third-order valence-electron chi connectivity index (χ3n) is 3.90. The van der Waals surface area contributed by atoms with Gasteiger partial charge < -0.3 is 15.4 Å². The van der Waals surface area contributed by atoms with Gasteiger partial charge in [0.1, 0.15) is 0 Å². The third kappa shape index (κ3) is 3.20. The molecule has 0 amide bonds. The molecule has 1 aromatic heterocycles. The molecule has 0 bridgehead atoms. The molecule has 22 heavy (non-hydrogen) atoms. The maximum absolute atomic E-state index is 5.44. The van der Waals surface area contributed by atoms with Crippen LogP contribution >= 0.6 is 12.2 Å². The van der Waals surface area contributed by atoms with Crippen molar-refractivity contribution in [3.05, 3.63) is 53.7 Å². The van der Waals surface area contributed by atoms with Crippen molar-refractivity contribution in [3.8, 4) is 5.75 Å². The lowest BCUT2D eigenvalue weighted by atomic mass is 9.88. The topological polar surface area (TPSA) is 46.2 Å². The predicted molar refractivity (Wildman–Crippen MR) is 92.3 cm³/mol. The van der Waals surface area contributed by atoms with E-state index in [0.717, 1.165) is 12.8 Å². The van der Waals surface area contributed by atoms with Crippen molar-refractivity contribution in [2.45, 2.75) is 25.3 Å². The molecule has 1 aliphatic carbocycles. The van der Waals surface area contributed by atoms with Gasteiger partial charge in [-0.25, -0.2) is 4.98 Å². The van der Waals surface area contributed by atoms with Gasteiger partial charge in [0.2, 0.25) is 0 Å². The number of hydrogen-bond donors (Lipinski definition) is 2. The zero-order valence-electron chi connectivity index (χ0n) is 12.5. The number of aromatic nitrogens is 1. The Morgan fingerprint density at radius 2 is 2.14 bits per heavy atom. The van der Waals surface area contributed by atoms with E-state index < -0.39 is 0 Å². The number of anilines is 1. The Morgan fingerprint density at radius 3 is 3.00 bits per heavy atom. The number of hydrogen-bond acceptors (Lipinski definition) is 3. The normalized spacial score (nSPS) is 16.5. The monoisotopic (exact) mass is 313 g/mol. The maximum atomic E-state index is 5.44. The summed E-state index contributed by atoms with van der Waals surface area (Å²) in [6.07, 6.45) is 5.11. The van der Waals surface area contributed by atoms with E-state index in [-0.39, 0.29) is 6.04 Å². The number of thiocarbonyl (C=S) groups is 1. The second-order valence-corrected chi connectivity index (χ2v) is 5.70. The molecule has 2 aromatic rings. The first-order valence-electron chi connectivity index (χ1n) is 7.42. The van der Waals surface area contributed by atoms with Gasteiger partial charge in [0.05, 0.1) is 13.2 Å². The number of rotatable bonds is 3. The third-order valence-corrected chi connectivity index (χ3v) is 4.12. The van der Waals surface area contributed by atoms with Crippen LogP contribution in [-0.2, 0) is 6.42 Å². The van der Waals surface area contributed by atoms with Crippen molar-refractivity contribution in [1.29, 1.82) is 0 Å². The number of nitrogens with zero attached hydrogens (tertiary/aromatic N) is 1. The average Bonchev–Trinajstić information content (AvgIpc) is 2.55. The van der Waals surface area contributed by atoms with Gasteiger partial charge in [-0.3, -0.25) is 0 Å². The fourth-order valence-electron chi connectivity index (χ4n) is 2.85. The van der Waals surface area contributed by atoms with E-state index >= 15 is 0 Å². The fourth-order valence-corrected chi connectivity index (χ4v) is 3.09. The highest BCUT2D eigenvalue weighted by Crippen LogP contribution is 2.29. The minimum atomic E-state index is 0.250. The summed E-state index contributed by atoms with van der Waals surface area (Å²) in [5.74, 6) is 1.31. The van der Waals surface area contributed by atoms with Crippen molar-refractivity contribution in [2.24, 2.45) is 0 Å². The number of methoxy groups -OCH3 is 1. The van der Waals surface area contributed by atoms with Crippen LogP contribution in [0.4, 0.5) is 5.82 Å². The molecule has 1 atom stereocenters. The Morgan fingerprint density at radius 1 is 1.27 bits per heavy atom. The zero-order chi connectivity index (χ0) is 15.4. The second kappa shape index (κ2) is 6.75. The van der Waals surface area contributed by atoms with Crippen LogP contribution in [0.5, 0.6) is 5.75 Å². The predicted octanol–water partition coefficient (Wildman–Crippen LogP) is 3.45. The standard InChI is InChI=1S/C17H19N3OS/c1-21-15-10-5-11-18-16(15)20-17(22)19-14-9-4-7-12-6-2-3-8-13(12)14/h2-3,5-6,8,10-11,14H,4,7,9H2,1H3,(H2,18,19,20,22). The first-order valence-corrected chi connectivity index (χ1v) is 7.83. The van der Waals surface area contributed by atoms with E-state index in [1.807, 2.05) is 12.1 Å². The fraction of sp³-hybridized carbons (Fsp3) is 0.294. The van der Waals surface area contributed by atoms with Crippen LogP contribution in [-0.4, -0.2) is 17.2 Å². The first-order chi connectivity index (χ1) is 10.8. The van der Waals surface area contributed by atoms with Crippen LogP contribution in [0.1, 0.15) is 30.0 Å². The summed E-state index contributed by atoms with van der Waals surface area (Å²) >= 11 is 5.44. The number of ether oxygens (including phenoxy) is 1. The Balaban J connectivity index is 1.70. The number of pyridine rings is 1. The molecule has 1 unspecified atom stereocenters. The van der Waals surface area contributed by atoms with Gasteiger partial charge in [-0.05, 0) is 54.7 Å². The summed E-state index contributed by atoms with van der Waals surface area (Å²) in [7, 11) is 1.62. The molecule has 0 fully saturated rings. The molecule has 1 aliphatic rings. The lowest BCUT2D eigenvalue weighted by Gasteiger charge is -2.27. The summed E-state index contributed by atoms with van der Waals surface area (Å²) in [5.41, 5.74) is 2.75. The molecule has 3 rings (SSSR count). The number of benzene rings is 1. The molecule has 1 aromatic carbocycles. The molecule has 0 spiro atoms. The van der Waals surface area contributed by atoms with Gasteiger partial charge >= 0.3 is 0 Å². The van der Waals surface area contributed by atoms with Crippen molar-refractivity contribution >= 4 is 23.1 Å².